The quantitative estimate of drug-likeness (QED) is 0.151. The van der Waals surface area contributed by atoms with Crippen LogP contribution in [-0.2, 0) is 10.8 Å². The molecule has 15 aromatic rings. The summed E-state index contributed by atoms with van der Waals surface area (Å²) in [6, 6.07) is 70.7. The van der Waals surface area contributed by atoms with Crippen molar-refractivity contribution in [3.8, 4) is 0 Å². The van der Waals surface area contributed by atoms with Crippen LogP contribution in [0.15, 0.2) is 212 Å². The van der Waals surface area contributed by atoms with E-state index in [-0.39, 0.29) is 10.8 Å². The molecule has 82 heavy (non-hydrogen) atoms. The molecule has 11 aromatic carbocycles. The fourth-order valence-electron chi connectivity index (χ4n) is 13.1. The number of benzene rings is 11. The maximum absolute atomic E-state index is 7.39. The fraction of sp³-hybridized carbons (Fsp3) is 0.184. The Morgan fingerprint density at radius 2 is 0.695 bits per heavy atom. The van der Waals surface area contributed by atoms with Crippen molar-refractivity contribution in [3.63, 3.8) is 0 Å². The lowest BCUT2D eigenvalue weighted by atomic mass is 9.86. The van der Waals surface area contributed by atoms with E-state index in [9.17, 15) is 0 Å². The number of hydrogen-bond donors (Lipinski definition) is 0. The summed E-state index contributed by atoms with van der Waals surface area (Å²) in [6.07, 6.45) is 0. The molecule has 4 heterocycles. The standard InChI is InChI=1S/C76H64N2O4/c1-43(2)45-25-29-47(30-26-45)77(49-33-36-64-58(39-49)55-21-15-23-60(72(55)80-64)75(5,6)7)62-41-67-69(53-19-13-11-17-51(53)62)57-35-38-66-71(74(57)82-67)70-54-20-14-12-18-52(54)63(42-68(70)79-66)78(48-31-27-46(28-32-48)44(3)4)50-34-37-65-59(40-50)56-22-16-24-61(73(56)81-65)76(8,9)10/h11-44H,1-10H3. The highest BCUT2D eigenvalue weighted by molar-refractivity contribution is 6.32. The van der Waals surface area contributed by atoms with Crippen molar-refractivity contribution in [2.75, 3.05) is 9.80 Å². The van der Waals surface area contributed by atoms with E-state index >= 15 is 0 Å². The van der Waals surface area contributed by atoms with Crippen LogP contribution in [0, 0.1) is 0 Å². The van der Waals surface area contributed by atoms with Crippen molar-refractivity contribution in [3.05, 3.63) is 216 Å². The topological polar surface area (TPSA) is 59.0 Å². The van der Waals surface area contributed by atoms with Gasteiger partial charge >= 0.3 is 0 Å². The molecule has 0 fully saturated rings. The van der Waals surface area contributed by atoms with E-state index in [2.05, 4.69) is 273 Å². The number of anilines is 6. The smallest absolute Gasteiger partial charge is 0.147 e. The van der Waals surface area contributed by atoms with Gasteiger partial charge < -0.3 is 27.5 Å². The molecule has 0 bridgehead atoms. The molecule has 0 saturated carbocycles. The van der Waals surface area contributed by atoms with Gasteiger partial charge in [0.1, 0.15) is 44.7 Å². The van der Waals surface area contributed by atoms with Gasteiger partial charge in [-0.15, -0.1) is 0 Å². The molecule has 0 amide bonds. The first-order valence-corrected chi connectivity index (χ1v) is 28.9. The summed E-state index contributed by atoms with van der Waals surface area (Å²) in [5.74, 6) is 0.782. The summed E-state index contributed by atoms with van der Waals surface area (Å²) < 4.78 is 27.9. The second kappa shape index (κ2) is 18.1. The maximum Gasteiger partial charge on any atom is 0.147 e. The number of rotatable bonds is 8. The molecule has 402 valence electrons. The number of para-hydroxylation sites is 2. The normalized spacial score (nSPS) is 12.7. The largest absolute Gasteiger partial charge is 0.456 e. The lowest BCUT2D eigenvalue weighted by molar-refractivity contribution is 0.572. The lowest BCUT2D eigenvalue weighted by Crippen LogP contribution is -2.11. The average Bonchev–Trinajstić information content (AvgIpc) is 4.20. The first-order chi connectivity index (χ1) is 39.6. The zero-order valence-electron chi connectivity index (χ0n) is 48.2. The molecular formula is C76H64N2O4. The van der Waals surface area contributed by atoms with Crippen LogP contribution in [-0.4, -0.2) is 0 Å². The van der Waals surface area contributed by atoms with E-state index in [1.165, 1.54) is 22.3 Å². The summed E-state index contributed by atoms with van der Waals surface area (Å²) in [7, 11) is 0. The number of fused-ring (bicyclic) bond motifs is 17. The van der Waals surface area contributed by atoms with Crippen LogP contribution in [0.1, 0.15) is 103 Å². The number of hydrogen-bond acceptors (Lipinski definition) is 6. The third-order valence-electron chi connectivity index (χ3n) is 17.3. The van der Waals surface area contributed by atoms with E-state index < -0.39 is 0 Å². The molecule has 0 N–H and O–H groups in total. The SMILES string of the molecule is CC(C)c1ccc(N(c2ccc3oc4c(C(C)(C)C)cccc4c3c2)c2cc3oc4c(ccc5oc6cc(N(c7ccc(C(C)C)cc7)c7ccc8oc9c(C(C)(C)C)cccc9c8c7)c7ccccc7c6c54)c3c3ccccc23)cc1. The van der Waals surface area contributed by atoms with E-state index in [1.807, 2.05) is 0 Å². The minimum Gasteiger partial charge on any atom is -0.456 e. The van der Waals surface area contributed by atoms with Crippen molar-refractivity contribution in [1.29, 1.82) is 0 Å². The Morgan fingerprint density at radius 1 is 0.293 bits per heavy atom. The summed E-state index contributed by atoms with van der Waals surface area (Å²) in [6.45, 7) is 22.5. The van der Waals surface area contributed by atoms with Crippen LogP contribution in [0.4, 0.5) is 34.1 Å². The number of furan rings is 4. The van der Waals surface area contributed by atoms with E-state index in [0.717, 1.165) is 143 Å². The Balaban J connectivity index is 0.951. The molecule has 0 aliphatic carbocycles. The lowest BCUT2D eigenvalue weighted by Gasteiger charge is -2.27. The maximum atomic E-state index is 7.39. The molecule has 0 aliphatic heterocycles. The molecule has 0 unspecified atom stereocenters. The predicted octanol–water partition coefficient (Wildman–Crippen LogP) is 23.4. The zero-order valence-corrected chi connectivity index (χ0v) is 48.2. The Kier molecular flexibility index (Phi) is 11.0. The van der Waals surface area contributed by atoms with Crippen molar-refractivity contribution in [1.82, 2.24) is 0 Å². The fourth-order valence-corrected chi connectivity index (χ4v) is 13.1. The summed E-state index contributed by atoms with van der Waals surface area (Å²) >= 11 is 0. The van der Waals surface area contributed by atoms with Crippen molar-refractivity contribution >= 4 is 143 Å². The highest BCUT2D eigenvalue weighted by Gasteiger charge is 2.28. The molecule has 0 saturated heterocycles. The molecule has 0 atom stereocenters. The van der Waals surface area contributed by atoms with Gasteiger partial charge in [-0.2, -0.15) is 0 Å². The molecule has 0 radical (unpaired) electrons. The third-order valence-corrected chi connectivity index (χ3v) is 17.3. The van der Waals surface area contributed by atoms with Gasteiger partial charge in [-0.3, -0.25) is 0 Å². The Hall–Kier alpha value is -9.26. The van der Waals surface area contributed by atoms with Gasteiger partial charge in [0.2, 0.25) is 0 Å². The van der Waals surface area contributed by atoms with Crippen LogP contribution in [0.3, 0.4) is 0 Å². The van der Waals surface area contributed by atoms with E-state index in [1.54, 1.807) is 0 Å². The minimum atomic E-state index is -0.0852. The highest BCUT2D eigenvalue weighted by atomic mass is 16.3. The Bertz CT molecular complexity index is 5070. The summed E-state index contributed by atoms with van der Waals surface area (Å²) in [5, 5.41) is 12.9. The zero-order chi connectivity index (χ0) is 56.1. The van der Waals surface area contributed by atoms with Crippen LogP contribution < -0.4 is 9.80 Å². The van der Waals surface area contributed by atoms with Gasteiger partial charge in [0.25, 0.3) is 0 Å². The van der Waals surface area contributed by atoms with E-state index in [0.29, 0.717) is 11.8 Å². The van der Waals surface area contributed by atoms with Gasteiger partial charge in [-0.25, -0.2) is 0 Å². The average molecular weight is 1070 g/mol. The summed E-state index contributed by atoms with van der Waals surface area (Å²) in [5.41, 5.74) is 17.7. The van der Waals surface area contributed by atoms with Gasteiger partial charge in [0.15, 0.2) is 0 Å². The molecule has 0 spiro atoms. The summed E-state index contributed by atoms with van der Waals surface area (Å²) in [4.78, 5) is 4.77. The Morgan fingerprint density at radius 3 is 1.16 bits per heavy atom. The minimum absolute atomic E-state index is 0.0849. The van der Waals surface area contributed by atoms with Crippen LogP contribution in [0.5, 0.6) is 0 Å². The Labute approximate surface area is 476 Å². The first kappa shape index (κ1) is 49.8. The molecular weight excluding hydrogens is 1000 g/mol. The molecule has 6 nitrogen and oxygen atoms in total. The second-order valence-electron chi connectivity index (χ2n) is 25.2. The highest BCUT2D eigenvalue weighted by Crippen LogP contribution is 2.51. The first-order valence-electron chi connectivity index (χ1n) is 28.9. The molecule has 15 rings (SSSR count). The van der Waals surface area contributed by atoms with Gasteiger partial charge in [-0.1, -0.05) is 178 Å². The molecule has 4 aromatic heterocycles. The van der Waals surface area contributed by atoms with Crippen molar-refractivity contribution < 1.29 is 17.7 Å². The number of nitrogens with zero attached hydrogens (tertiary/aromatic N) is 2. The predicted molar refractivity (Wildman–Crippen MR) is 346 cm³/mol. The third kappa shape index (κ3) is 7.67. The van der Waals surface area contributed by atoms with Crippen molar-refractivity contribution in [2.45, 2.75) is 91.9 Å². The molecule has 6 heteroatoms. The van der Waals surface area contributed by atoms with Gasteiger partial charge in [0.05, 0.1) is 16.8 Å². The van der Waals surface area contributed by atoms with Gasteiger partial charge in [0, 0.05) is 94.5 Å². The van der Waals surface area contributed by atoms with Crippen molar-refractivity contribution in [2.24, 2.45) is 0 Å². The van der Waals surface area contributed by atoms with E-state index in [4.69, 9.17) is 17.7 Å². The van der Waals surface area contributed by atoms with Crippen LogP contribution >= 0.6 is 0 Å². The van der Waals surface area contributed by atoms with Crippen LogP contribution in [0.25, 0.3) is 109 Å². The second-order valence-corrected chi connectivity index (χ2v) is 25.2. The molecule has 0 aliphatic rings. The van der Waals surface area contributed by atoms with Gasteiger partial charge in [-0.05, 0) is 117 Å². The monoisotopic (exact) mass is 1070 g/mol. The van der Waals surface area contributed by atoms with Crippen LogP contribution in [0.2, 0.25) is 0 Å².